The van der Waals surface area contributed by atoms with Crippen molar-refractivity contribution < 1.29 is 0 Å². The molecule has 3 heteroatoms. The van der Waals surface area contributed by atoms with E-state index in [4.69, 9.17) is 0 Å². The van der Waals surface area contributed by atoms with E-state index in [1.165, 1.54) is 31.7 Å². The molecule has 1 aromatic heterocycles. The lowest BCUT2D eigenvalue weighted by molar-refractivity contribution is 0.148. The van der Waals surface area contributed by atoms with Gasteiger partial charge in [-0.3, -0.25) is 9.88 Å². The number of rotatable bonds is 2. The maximum Gasteiger partial charge on any atom is 0.0312 e. The molecule has 0 aromatic carbocycles. The molecule has 2 heterocycles. The smallest absolute Gasteiger partial charge is 0.0312 e. The lowest BCUT2D eigenvalue weighted by Gasteiger charge is -2.32. The molecule has 1 aromatic rings. The van der Waals surface area contributed by atoms with Crippen LogP contribution in [0.3, 0.4) is 0 Å². The number of hydrogen-bond donors (Lipinski definition) is 0. The number of piperazine rings is 1. The predicted octanol–water partition coefficient (Wildman–Crippen LogP) is 0.829. The van der Waals surface area contributed by atoms with Gasteiger partial charge in [-0.2, -0.15) is 0 Å². The summed E-state index contributed by atoms with van der Waals surface area (Å²) >= 11 is 0. The molecule has 0 aliphatic carbocycles. The van der Waals surface area contributed by atoms with Gasteiger partial charge in [0.25, 0.3) is 0 Å². The van der Waals surface area contributed by atoms with Crippen LogP contribution in [0.5, 0.6) is 0 Å². The Morgan fingerprint density at radius 3 is 2.71 bits per heavy atom. The fourth-order valence-corrected chi connectivity index (χ4v) is 1.76. The molecule has 0 spiro atoms. The SMILES string of the molecule is CN1CCN(Cc2cccnc2)CC1. The van der Waals surface area contributed by atoms with Crippen molar-refractivity contribution in [2.75, 3.05) is 33.2 Å². The molecule has 1 saturated heterocycles. The second kappa shape index (κ2) is 4.53. The highest BCUT2D eigenvalue weighted by Gasteiger charge is 2.13. The van der Waals surface area contributed by atoms with E-state index < -0.39 is 0 Å². The maximum atomic E-state index is 4.13. The molecule has 1 aliphatic rings. The molecule has 0 radical (unpaired) electrons. The number of nitrogens with zero attached hydrogens (tertiary/aromatic N) is 3. The summed E-state index contributed by atoms with van der Waals surface area (Å²) < 4.78 is 0. The summed E-state index contributed by atoms with van der Waals surface area (Å²) in [4.78, 5) is 8.99. The van der Waals surface area contributed by atoms with E-state index in [-0.39, 0.29) is 0 Å². The number of aromatic nitrogens is 1. The summed E-state index contributed by atoms with van der Waals surface area (Å²) in [5.74, 6) is 0. The van der Waals surface area contributed by atoms with Crippen LogP contribution in [0, 0.1) is 0 Å². The van der Waals surface area contributed by atoms with Crippen LogP contribution in [-0.4, -0.2) is 48.0 Å². The van der Waals surface area contributed by atoms with Crippen LogP contribution in [-0.2, 0) is 6.54 Å². The van der Waals surface area contributed by atoms with Crippen LogP contribution in [0.4, 0.5) is 0 Å². The average Bonchev–Trinajstić information content (AvgIpc) is 2.23. The quantitative estimate of drug-likeness (QED) is 0.690. The fraction of sp³-hybridized carbons (Fsp3) is 0.545. The van der Waals surface area contributed by atoms with Gasteiger partial charge in [-0.05, 0) is 18.7 Å². The van der Waals surface area contributed by atoms with Gasteiger partial charge in [0, 0.05) is 45.1 Å². The molecule has 0 saturated carbocycles. The van der Waals surface area contributed by atoms with Gasteiger partial charge in [-0.1, -0.05) is 6.07 Å². The highest BCUT2D eigenvalue weighted by Crippen LogP contribution is 2.05. The van der Waals surface area contributed by atoms with Gasteiger partial charge in [-0.25, -0.2) is 0 Å². The number of likely N-dealkylation sites (N-methyl/N-ethyl adjacent to an activating group) is 1. The molecule has 0 atom stereocenters. The first-order chi connectivity index (χ1) is 6.84. The third-order valence-corrected chi connectivity index (χ3v) is 2.72. The Morgan fingerprint density at radius 2 is 2.07 bits per heavy atom. The van der Waals surface area contributed by atoms with Crippen LogP contribution in [0.25, 0.3) is 0 Å². The maximum absolute atomic E-state index is 4.13. The zero-order valence-corrected chi connectivity index (χ0v) is 8.69. The minimum atomic E-state index is 1.04. The minimum Gasteiger partial charge on any atom is -0.304 e. The Morgan fingerprint density at radius 1 is 1.29 bits per heavy atom. The molecular weight excluding hydrogens is 174 g/mol. The molecule has 0 bridgehead atoms. The summed E-state index contributed by atoms with van der Waals surface area (Å²) in [6.07, 6.45) is 3.78. The van der Waals surface area contributed by atoms with E-state index >= 15 is 0 Å². The molecule has 76 valence electrons. The van der Waals surface area contributed by atoms with E-state index in [1.54, 1.807) is 0 Å². The molecule has 2 rings (SSSR count). The molecule has 14 heavy (non-hydrogen) atoms. The van der Waals surface area contributed by atoms with Gasteiger partial charge >= 0.3 is 0 Å². The zero-order valence-electron chi connectivity index (χ0n) is 8.69. The first-order valence-electron chi connectivity index (χ1n) is 5.14. The zero-order chi connectivity index (χ0) is 9.80. The Kier molecular flexibility index (Phi) is 3.11. The summed E-state index contributed by atoms with van der Waals surface area (Å²) in [6, 6.07) is 4.15. The first kappa shape index (κ1) is 9.62. The molecule has 0 amide bonds. The molecule has 1 aliphatic heterocycles. The van der Waals surface area contributed by atoms with Crippen molar-refractivity contribution >= 4 is 0 Å². The second-order valence-electron chi connectivity index (χ2n) is 3.94. The average molecular weight is 191 g/mol. The lowest BCUT2D eigenvalue weighted by Crippen LogP contribution is -2.43. The first-order valence-corrected chi connectivity index (χ1v) is 5.14. The largest absolute Gasteiger partial charge is 0.304 e. The van der Waals surface area contributed by atoms with Crippen molar-refractivity contribution in [3.05, 3.63) is 30.1 Å². The highest BCUT2D eigenvalue weighted by molar-refractivity contribution is 5.08. The molecule has 0 N–H and O–H groups in total. The Labute approximate surface area is 85.4 Å². The molecule has 1 fully saturated rings. The third-order valence-electron chi connectivity index (χ3n) is 2.72. The van der Waals surface area contributed by atoms with Crippen LogP contribution in [0.2, 0.25) is 0 Å². The summed E-state index contributed by atoms with van der Waals surface area (Å²) in [5, 5.41) is 0. The predicted molar refractivity (Wildman–Crippen MR) is 57.0 cm³/mol. The Hall–Kier alpha value is -0.930. The monoisotopic (exact) mass is 191 g/mol. The summed E-state index contributed by atoms with van der Waals surface area (Å²) in [7, 11) is 2.18. The van der Waals surface area contributed by atoms with E-state index in [1.807, 2.05) is 18.5 Å². The van der Waals surface area contributed by atoms with Gasteiger partial charge in [0.05, 0.1) is 0 Å². The van der Waals surface area contributed by atoms with Crippen molar-refractivity contribution in [2.24, 2.45) is 0 Å². The van der Waals surface area contributed by atoms with Gasteiger partial charge in [0.2, 0.25) is 0 Å². The van der Waals surface area contributed by atoms with Crippen LogP contribution in [0.15, 0.2) is 24.5 Å². The molecule has 3 nitrogen and oxygen atoms in total. The highest BCUT2D eigenvalue weighted by atomic mass is 15.2. The topological polar surface area (TPSA) is 19.4 Å². The standard InChI is InChI=1S/C11H17N3/c1-13-5-7-14(8-6-13)10-11-3-2-4-12-9-11/h2-4,9H,5-8,10H2,1H3. The normalized spacial score (nSPS) is 19.8. The molecular formula is C11H17N3. The van der Waals surface area contributed by atoms with Gasteiger partial charge in [0.1, 0.15) is 0 Å². The van der Waals surface area contributed by atoms with E-state index in [0.717, 1.165) is 6.54 Å². The Bertz CT molecular complexity index is 265. The summed E-state index contributed by atoms with van der Waals surface area (Å²) in [6.45, 7) is 5.75. The van der Waals surface area contributed by atoms with Gasteiger partial charge < -0.3 is 4.90 Å². The summed E-state index contributed by atoms with van der Waals surface area (Å²) in [5.41, 5.74) is 1.32. The van der Waals surface area contributed by atoms with E-state index in [0.29, 0.717) is 0 Å². The van der Waals surface area contributed by atoms with Crippen molar-refractivity contribution in [1.82, 2.24) is 14.8 Å². The second-order valence-corrected chi connectivity index (χ2v) is 3.94. The van der Waals surface area contributed by atoms with Gasteiger partial charge in [0.15, 0.2) is 0 Å². The van der Waals surface area contributed by atoms with Crippen molar-refractivity contribution in [3.8, 4) is 0 Å². The third kappa shape index (κ3) is 2.53. The number of pyridine rings is 1. The Balaban J connectivity index is 1.87. The van der Waals surface area contributed by atoms with E-state index in [2.05, 4.69) is 27.9 Å². The van der Waals surface area contributed by atoms with Crippen LogP contribution >= 0.6 is 0 Å². The van der Waals surface area contributed by atoms with Crippen LogP contribution in [0.1, 0.15) is 5.56 Å². The van der Waals surface area contributed by atoms with Crippen molar-refractivity contribution in [1.29, 1.82) is 0 Å². The van der Waals surface area contributed by atoms with Crippen molar-refractivity contribution in [3.63, 3.8) is 0 Å². The lowest BCUT2D eigenvalue weighted by atomic mass is 10.2. The minimum absolute atomic E-state index is 1.04. The van der Waals surface area contributed by atoms with Crippen LogP contribution < -0.4 is 0 Å². The number of hydrogen-bond acceptors (Lipinski definition) is 3. The van der Waals surface area contributed by atoms with Gasteiger partial charge in [-0.15, -0.1) is 0 Å². The molecule has 0 unspecified atom stereocenters. The van der Waals surface area contributed by atoms with E-state index in [9.17, 15) is 0 Å². The van der Waals surface area contributed by atoms with Crippen molar-refractivity contribution in [2.45, 2.75) is 6.54 Å². The fourth-order valence-electron chi connectivity index (χ4n) is 1.76.